The van der Waals surface area contributed by atoms with Gasteiger partial charge in [-0.05, 0) is 12.8 Å². The highest BCUT2D eigenvalue weighted by Gasteiger charge is 2.03. The first-order valence-corrected chi connectivity index (χ1v) is 3.09. The van der Waals surface area contributed by atoms with E-state index in [1.807, 2.05) is 0 Å². The summed E-state index contributed by atoms with van der Waals surface area (Å²) in [5, 5.41) is 0.0880. The molecule has 0 aromatic heterocycles. The van der Waals surface area contributed by atoms with Gasteiger partial charge in [0.15, 0.2) is 0 Å². The molecule has 0 saturated carbocycles. The lowest BCUT2D eigenvalue weighted by Crippen LogP contribution is -2.04. The summed E-state index contributed by atoms with van der Waals surface area (Å²) in [7, 11) is 0. The van der Waals surface area contributed by atoms with Crippen LogP contribution in [0.25, 0.3) is 0 Å². The molecule has 0 saturated heterocycles. The van der Waals surface area contributed by atoms with Gasteiger partial charge in [0, 0.05) is 5.38 Å². The quantitative estimate of drug-likeness (QED) is 0.490. The number of hydrogen-bond donors (Lipinski definition) is 0. The second-order valence-electron chi connectivity index (χ2n) is 1.90. The Kier molecular flexibility index (Phi) is 3.45. The molecular formula is C6H12Cl. The molecule has 0 spiro atoms. The van der Waals surface area contributed by atoms with Crippen LogP contribution in [0.15, 0.2) is 0 Å². The van der Waals surface area contributed by atoms with Gasteiger partial charge in [-0.15, -0.1) is 11.6 Å². The Labute approximate surface area is 50.9 Å². The number of alkyl halides is 1. The molecule has 0 aromatic carbocycles. The van der Waals surface area contributed by atoms with Gasteiger partial charge >= 0.3 is 0 Å². The van der Waals surface area contributed by atoms with Crippen molar-refractivity contribution in [3.8, 4) is 0 Å². The first-order chi connectivity index (χ1) is 3.18. The van der Waals surface area contributed by atoms with Gasteiger partial charge in [-0.3, -0.25) is 0 Å². The lowest BCUT2D eigenvalue weighted by Gasteiger charge is -2.08. The predicted octanol–water partition coefficient (Wildman–Crippen LogP) is 2.47. The molecule has 7 heavy (non-hydrogen) atoms. The largest absolute Gasteiger partial charge is 0.123 e. The van der Waals surface area contributed by atoms with Gasteiger partial charge in [-0.2, -0.15) is 0 Å². The van der Waals surface area contributed by atoms with E-state index in [4.69, 9.17) is 11.6 Å². The normalized spacial score (nSPS) is 18.9. The second kappa shape index (κ2) is 3.31. The number of halogens is 1. The molecule has 43 valence electrons. The molecule has 1 radical (unpaired) electrons. The van der Waals surface area contributed by atoms with E-state index < -0.39 is 0 Å². The van der Waals surface area contributed by atoms with Gasteiger partial charge in [0.1, 0.15) is 0 Å². The highest BCUT2D eigenvalue weighted by molar-refractivity contribution is 6.21. The zero-order chi connectivity index (χ0) is 5.86. The first-order valence-electron chi connectivity index (χ1n) is 2.65. The van der Waals surface area contributed by atoms with Crippen molar-refractivity contribution in [3.05, 3.63) is 6.92 Å². The Morgan fingerprint density at radius 2 is 2.14 bits per heavy atom. The molecule has 0 heterocycles. The van der Waals surface area contributed by atoms with Crippen molar-refractivity contribution in [1.82, 2.24) is 0 Å². The van der Waals surface area contributed by atoms with E-state index in [2.05, 4.69) is 20.8 Å². The Balaban J connectivity index is 3.14. The molecule has 2 atom stereocenters. The third-order valence-corrected chi connectivity index (χ3v) is 1.69. The fourth-order valence-corrected chi connectivity index (χ4v) is 0.434. The highest BCUT2D eigenvalue weighted by atomic mass is 35.5. The molecular weight excluding hydrogens is 108 g/mol. The van der Waals surface area contributed by atoms with Crippen molar-refractivity contribution < 1.29 is 0 Å². The minimum absolute atomic E-state index is 0.0880. The fraction of sp³-hybridized carbons (Fsp3) is 0.833. The van der Waals surface area contributed by atoms with Crippen molar-refractivity contribution in [1.29, 1.82) is 0 Å². The molecule has 0 aliphatic rings. The van der Waals surface area contributed by atoms with Crippen LogP contribution < -0.4 is 0 Å². The van der Waals surface area contributed by atoms with Crippen molar-refractivity contribution in [3.63, 3.8) is 0 Å². The summed E-state index contributed by atoms with van der Waals surface area (Å²) in [6.45, 7) is 7.89. The molecule has 0 bridgehead atoms. The van der Waals surface area contributed by atoms with Crippen molar-refractivity contribution in [2.24, 2.45) is 5.92 Å². The van der Waals surface area contributed by atoms with E-state index in [1.165, 1.54) is 0 Å². The Morgan fingerprint density at radius 1 is 1.71 bits per heavy atom. The van der Waals surface area contributed by atoms with Gasteiger partial charge in [0.05, 0.1) is 0 Å². The Morgan fingerprint density at radius 3 is 2.14 bits per heavy atom. The molecule has 0 aromatic rings. The average molecular weight is 120 g/mol. The minimum atomic E-state index is 0.0880. The van der Waals surface area contributed by atoms with Crippen LogP contribution in [0.5, 0.6) is 0 Å². The molecule has 0 amide bonds. The molecule has 0 nitrogen and oxygen atoms in total. The van der Waals surface area contributed by atoms with Crippen molar-refractivity contribution in [2.45, 2.75) is 25.6 Å². The van der Waals surface area contributed by atoms with E-state index >= 15 is 0 Å². The second-order valence-corrected chi connectivity index (χ2v) is 2.46. The van der Waals surface area contributed by atoms with Crippen LogP contribution in [-0.2, 0) is 0 Å². The molecule has 0 fully saturated rings. The van der Waals surface area contributed by atoms with Gasteiger partial charge in [-0.1, -0.05) is 20.3 Å². The highest BCUT2D eigenvalue weighted by Crippen LogP contribution is 2.11. The maximum Gasteiger partial charge on any atom is 0.0362 e. The molecule has 0 N–H and O–H groups in total. The van der Waals surface area contributed by atoms with Crippen LogP contribution in [0.3, 0.4) is 0 Å². The SMILES string of the molecule is [CH2]C(Cl)C(C)CC. The third kappa shape index (κ3) is 2.93. The summed E-state index contributed by atoms with van der Waals surface area (Å²) < 4.78 is 0. The summed E-state index contributed by atoms with van der Waals surface area (Å²) in [6, 6.07) is 0. The van der Waals surface area contributed by atoms with E-state index in [9.17, 15) is 0 Å². The summed E-state index contributed by atoms with van der Waals surface area (Å²) >= 11 is 5.62. The summed E-state index contributed by atoms with van der Waals surface area (Å²) in [5.41, 5.74) is 0. The van der Waals surface area contributed by atoms with E-state index in [-0.39, 0.29) is 5.38 Å². The summed E-state index contributed by atoms with van der Waals surface area (Å²) in [6.07, 6.45) is 1.12. The lowest BCUT2D eigenvalue weighted by molar-refractivity contribution is 0.577. The molecule has 1 heteroatoms. The van der Waals surface area contributed by atoms with E-state index in [0.29, 0.717) is 5.92 Å². The molecule has 0 aliphatic heterocycles. The van der Waals surface area contributed by atoms with Crippen molar-refractivity contribution >= 4 is 11.6 Å². The van der Waals surface area contributed by atoms with Gasteiger partial charge in [0.25, 0.3) is 0 Å². The fourth-order valence-electron chi connectivity index (χ4n) is 0.256. The molecule has 0 aliphatic carbocycles. The minimum Gasteiger partial charge on any atom is -0.123 e. The van der Waals surface area contributed by atoms with Gasteiger partial charge in [0.2, 0.25) is 0 Å². The molecule has 0 rings (SSSR count). The van der Waals surface area contributed by atoms with Crippen molar-refractivity contribution in [2.75, 3.05) is 0 Å². The van der Waals surface area contributed by atoms with Crippen LogP contribution in [0.4, 0.5) is 0 Å². The number of hydrogen-bond acceptors (Lipinski definition) is 0. The van der Waals surface area contributed by atoms with Crippen LogP contribution in [-0.4, -0.2) is 5.38 Å². The Hall–Kier alpha value is 0.290. The lowest BCUT2D eigenvalue weighted by atomic mass is 10.1. The van der Waals surface area contributed by atoms with E-state index in [0.717, 1.165) is 6.42 Å². The maximum atomic E-state index is 5.62. The summed E-state index contributed by atoms with van der Waals surface area (Å²) in [5.74, 6) is 0.557. The Bertz CT molecular complexity index is 41.4. The standard InChI is InChI=1S/C6H12Cl/c1-4-5(2)6(3)7/h5-6H,3-4H2,1-2H3. The summed E-state index contributed by atoms with van der Waals surface area (Å²) in [4.78, 5) is 0. The smallest absolute Gasteiger partial charge is 0.0362 e. The van der Waals surface area contributed by atoms with Crippen LogP contribution in [0, 0.1) is 12.8 Å². The van der Waals surface area contributed by atoms with E-state index in [1.54, 1.807) is 0 Å². The van der Waals surface area contributed by atoms with Gasteiger partial charge in [-0.25, -0.2) is 0 Å². The topological polar surface area (TPSA) is 0 Å². The zero-order valence-electron chi connectivity index (χ0n) is 4.95. The van der Waals surface area contributed by atoms with Crippen LogP contribution in [0.1, 0.15) is 20.3 Å². The average Bonchev–Trinajstić information content (AvgIpc) is 1.65. The maximum absolute atomic E-state index is 5.62. The van der Waals surface area contributed by atoms with Crippen LogP contribution >= 0.6 is 11.6 Å². The van der Waals surface area contributed by atoms with Crippen LogP contribution in [0.2, 0.25) is 0 Å². The molecule has 2 unspecified atom stereocenters. The third-order valence-electron chi connectivity index (χ3n) is 1.26. The van der Waals surface area contributed by atoms with Gasteiger partial charge < -0.3 is 0 Å². The zero-order valence-corrected chi connectivity index (χ0v) is 5.70. The number of rotatable bonds is 2. The monoisotopic (exact) mass is 119 g/mol. The predicted molar refractivity (Wildman–Crippen MR) is 34.5 cm³/mol. The first kappa shape index (κ1) is 7.29.